The van der Waals surface area contributed by atoms with Gasteiger partial charge in [0.2, 0.25) is 0 Å². The zero-order chi connectivity index (χ0) is 15.6. The summed E-state index contributed by atoms with van der Waals surface area (Å²) in [6.45, 7) is 5.51. The molecule has 21 heavy (non-hydrogen) atoms. The Labute approximate surface area is 127 Å². The fraction of sp³-hybridized carbons (Fsp3) is 0.400. The van der Waals surface area contributed by atoms with E-state index in [1.165, 1.54) is 23.5 Å². The fourth-order valence-electron chi connectivity index (χ4n) is 1.94. The van der Waals surface area contributed by atoms with E-state index in [9.17, 15) is 9.18 Å². The van der Waals surface area contributed by atoms with Gasteiger partial charge < -0.3 is 16.0 Å². The fourth-order valence-corrected chi connectivity index (χ4v) is 2.96. The van der Waals surface area contributed by atoms with Crippen LogP contribution in [0.1, 0.15) is 23.5 Å². The first-order valence-electron chi connectivity index (χ1n) is 6.86. The topological polar surface area (TPSA) is 58.4 Å². The Bertz CT molecular complexity index is 654. The number of fused-ring (bicyclic) bond motifs is 1. The molecule has 0 radical (unpaired) electrons. The van der Waals surface area contributed by atoms with Crippen molar-refractivity contribution in [1.29, 1.82) is 0 Å². The summed E-state index contributed by atoms with van der Waals surface area (Å²) in [5, 5.41) is 3.46. The lowest BCUT2D eigenvalue weighted by molar-refractivity contribution is 0.0953. The molecular formula is C15H20FN3OS. The number of amides is 1. The Morgan fingerprint density at radius 2 is 2.19 bits per heavy atom. The van der Waals surface area contributed by atoms with Gasteiger partial charge in [0.25, 0.3) is 5.91 Å². The monoisotopic (exact) mass is 309 g/mol. The molecule has 0 fully saturated rings. The van der Waals surface area contributed by atoms with E-state index in [2.05, 4.69) is 24.1 Å². The molecule has 2 aromatic rings. The molecule has 0 unspecified atom stereocenters. The average molecular weight is 309 g/mol. The van der Waals surface area contributed by atoms with Crippen LogP contribution in [0.15, 0.2) is 18.2 Å². The second kappa shape index (κ2) is 6.41. The van der Waals surface area contributed by atoms with Gasteiger partial charge in [-0.1, -0.05) is 0 Å². The van der Waals surface area contributed by atoms with Crippen molar-refractivity contribution in [1.82, 2.24) is 10.2 Å². The molecule has 0 aliphatic heterocycles. The van der Waals surface area contributed by atoms with Gasteiger partial charge in [-0.05, 0) is 39.1 Å². The van der Waals surface area contributed by atoms with Crippen LogP contribution in [0, 0.1) is 5.82 Å². The normalized spacial score (nSPS) is 11.5. The quantitative estimate of drug-likeness (QED) is 0.893. The highest BCUT2D eigenvalue weighted by Gasteiger charge is 2.16. The molecule has 1 aromatic carbocycles. The number of hydrogen-bond acceptors (Lipinski definition) is 4. The first kappa shape index (κ1) is 15.7. The van der Waals surface area contributed by atoms with Crippen LogP contribution in [-0.2, 0) is 0 Å². The molecule has 0 saturated heterocycles. The highest BCUT2D eigenvalue weighted by Crippen LogP contribution is 2.33. The molecule has 3 N–H and O–H groups in total. The van der Waals surface area contributed by atoms with E-state index < -0.39 is 0 Å². The summed E-state index contributed by atoms with van der Waals surface area (Å²) in [5.41, 5.74) is 6.31. The van der Waals surface area contributed by atoms with Gasteiger partial charge >= 0.3 is 0 Å². The lowest BCUT2D eigenvalue weighted by Crippen LogP contribution is -2.36. The first-order chi connectivity index (χ1) is 9.90. The van der Waals surface area contributed by atoms with Crippen LogP contribution in [0.25, 0.3) is 10.1 Å². The Kier molecular flexibility index (Phi) is 4.80. The summed E-state index contributed by atoms with van der Waals surface area (Å²) in [7, 11) is 2.01. The second-order valence-electron chi connectivity index (χ2n) is 5.32. The number of carbonyl (C=O) groups is 1. The van der Waals surface area contributed by atoms with E-state index >= 15 is 0 Å². The molecule has 0 aliphatic carbocycles. The molecule has 2 rings (SSSR count). The standard InChI is InChI=1S/C15H20FN3OS/c1-9(2)19(3)7-6-18-15(20)14-13(17)11-8-10(16)4-5-12(11)21-14/h4-5,8-9H,6-7,17H2,1-3H3,(H,18,20). The molecule has 114 valence electrons. The third-order valence-electron chi connectivity index (χ3n) is 3.53. The number of benzene rings is 1. The van der Waals surface area contributed by atoms with Gasteiger partial charge in [0.15, 0.2) is 0 Å². The average Bonchev–Trinajstić information content (AvgIpc) is 2.75. The Morgan fingerprint density at radius 1 is 1.48 bits per heavy atom. The minimum absolute atomic E-state index is 0.203. The molecule has 0 spiro atoms. The highest BCUT2D eigenvalue weighted by atomic mass is 32.1. The van der Waals surface area contributed by atoms with Crippen molar-refractivity contribution in [3.05, 3.63) is 28.9 Å². The second-order valence-corrected chi connectivity index (χ2v) is 6.37. The van der Waals surface area contributed by atoms with E-state index in [0.29, 0.717) is 28.5 Å². The van der Waals surface area contributed by atoms with Gasteiger partial charge in [-0.25, -0.2) is 4.39 Å². The zero-order valence-corrected chi connectivity index (χ0v) is 13.3. The zero-order valence-electron chi connectivity index (χ0n) is 12.4. The Morgan fingerprint density at radius 3 is 2.86 bits per heavy atom. The number of rotatable bonds is 5. The van der Waals surface area contributed by atoms with Crippen molar-refractivity contribution in [2.45, 2.75) is 19.9 Å². The summed E-state index contributed by atoms with van der Waals surface area (Å²) in [6.07, 6.45) is 0. The van der Waals surface area contributed by atoms with Crippen molar-refractivity contribution in [2.24, 2.45) is 0 Å². The van der Waals surface area contributed by atoms with Gasteiger partial charge in [0.05, 0.1) is 5.69 Å². The molecule has 6 heteroatoms. The maximum absolute atomic E-state index is 13.2. The predicted octanol–water partition coefficient (Wildman–Crippen LogP) is 2.69. The number of anilines is 1. The van der Waals surface area contributed by atoms with E-state index in [4.69, 9.17) is 5.73 Å². The lowest BCUT2D eigenvalue weighted by Gasteiger charge is -2.20. The summed E-state index contributed by atoms with van der Waals surface area (Å²) in [6, 6.07) is 4.82. The molecular weight excluding hydrogens is 289 g/mol. The summed E-state index contributed by atoms with van der Waals surface area (Å²) in [4.78, 5) is 14.8. The molecule has 1 aromatic heterocycles. The number of nitrogens with two attached hydrogens (primary N) is 1. The lowest BCUT2D eigenvalue weighted by atomic mass is 10.2. The van der Waals surface area contributed by atoms with Crippen LogP contribution < -0.4 is 11.1 Å². The van der Waals surface area contributed by atoms with Gasteiger partial charge in [-0.15, -0.1) is 11.3 Å². The first-order valence-corrected chi connectivity index (χ1v) is 7.67. The molecule has 0 atom stereocenters. The van der Waals surface area contributed by atoms with Gasteiger partial charge in [-0.2, -0.15) is 0 Å². The number of nitrogens with one attached hydrogen (secondary N) is 1. The van der Waals surface area contributed by atoms with Crippen molar-refractivity contribution in [2.75, 3.05) is 25.9 Å². The highest BCUT2D eigenvalue weighted by molar-refractivity contribution is 7.21. The number of nitrogens with zero attached hydrogens (tertiary/aromatic N) is 1. The smallest absolute Gasteiger partial charge is 0.263 e. The third-order valence-corrected chi connectivity index (χ3v) is 4.71. The third kappa shape index (κ3) is 3.51. The SMILES string of the molecule is CC(C)N(C)CCNC(=O)c1sc2ccc(F)cc2c1N. The predicted molar refractivity (Wildman–Crippen MR) is 86.3 cm³/mol. The van der Waals surface area contributed by atoms with E-state index in [0.717, 1.165) is 11.2 Å². The maximum Gasteiger partial charge on any atom is 0.263 e. The van der Waals surface area contributed by atoms with Crippen LogP contribution in [0.3, 0.4) is 0 Å². The number of hydrogen-bond donors (Lipinski definition) is 2. The van der Waals surface area contributed by atoms with E-state index in [1.54, 1.807) is 6.07 Å². The number of likely N-dealkylation sites (N-methyl/N-ethyl adjacent to an activating group) is 1. The maximum atomic E-state index is 13.2. The van der Waals surface area contributed by atoms with Crippen molar-refractivity contribution in [3.63, 3.8) is 0 Å². The van der Waals surface area contributed by atoms with Crippen molar-refractivity contribution < 1.29 is 9.18 Å². The van der Waals surface area contributed by atoms with Gasteiger partial charge in [-0.3, -0.25) is 4.79 Å². The van der Waals surface area contributed by atoms with Crippen LogP contribution in [0.4, 0.5) is 10.1 Å². The van der Waals surface area contributed by atoms with Crippen molar-refractivity contribution >= 4 is 33.0 Å². The summed E-state index contributed by atoms with van der Waals surface area (Å²) in [5.74, 6) is -0.552. The van der Waals surface area contributed by atoms with Crippen LogP contribution >= 0.6 is 11.3 Å². The minimum Gasteiger partial charge on any atom is -0.397 e. The van der Waals surface area contributed by atoms with Crippen LogP contribution in [0.2, 0.25) is 0 Å². The Hall–Kier alpha value is -1.66. The van der Waals surface area contributed by atoms with Crippen LogP contribution in [-0.4, -0.2) is 37.0 Å². The molecule has 1 amide bonds. The molecule has 4 nitrogen and oxygen atoms in total. The molecule has 0 bridgehead atoms. The van der Waals surface area contributed by atoms with Gasteiger partial charge in [0.1, 0.15) is 10.7 Å². The molecule has 0 saturated carbocycles. The largest absolute Gasteiger partial charge is 0.397 e. The summed E-state index contributed by atoms with van der Waals surface area (Å²) >= 11 is 1.29. The summed E-state index contributed by atoms with van der Waals surface area (Å²) < 4.78 is 14.1. The van der Waals surface area contributed by atoms with Gasteiger partial charge in [0, 0.05) is 29.2 Å². The number of nitrogen functional groups attached to an aromatic ring is 1. The van der Waals surface area contributed by atoms with E-state index in [-0.39, 0.29) is 11.7 Å². The molecule has 1 heterocycles. The Balaban J connectivity index is 2.08. The van der Waals surface area contributed by atoms with Crippen molar-refractivity contribution in [3.8, 4) is 0 Å². The van der Waals surface area contributed by atoms with Crippen LogP contribution in [0.5, 0.6) is 0 Å². The van der Waals surface area contributed by atoms with E-state index in [1.807, 2.05) is 7.05 Å². The number of halogens is 1. The molecule has 0 aliphatic rings. The minimum atomic E-state index is -0.350. The number of thiophene rings is 1. The number of carbonyl (C=O) groups excluding carboxylic acids is 1.